The van der Waals surface area contributed by atoms with Crippen LogP contribution in [0.25, 0.3) is 5.57 Å². The van der Waals surface area contributed by atoms with Crippen LogP contribution in [0.5, 0.6) is 0 Å². The topological polar surface area (TPSA) is 12.9 Å². The minimum atomic E-state index is 0.244. The molecule has 1 heterocycles. The Bertz CT molecular complexity index is 418. The molecule has 16 heavy (non-hydrogen) atoms. The maximum Gasteiger partial charge on any atom is 0.0343 e. The average molecular weight is 213 g/mol. The number of aromatic nitrogens is 1. The van der Waals surface area contributed by atoms with Crippen LogP contribution in [-0.2, 0) is 0 Å². The smallest absolute Gasteiger partial charge is 0.0343 e. The molecule has 1 aliphatic carbocycles. The van der Waals surface area contributed by atoms with Gasteiger partial charge in [0.2, 0.25) is 0 Å². The Hall–Kier alpha value is -1.37. The van der Waals surface area contributed by atoms with E-state index in [1.165, 1.54) is 16.7 Å². The Morgan fingerprint density at radius 2 is 2.06 bits per heavy atom. The summed E-state index contributed by atoms with van der Waals surface area (Å²) in [5, 5.41) is 0. The minimum absolute atomic E-state index is 0.244. The maximum atomic E-state index is 4.19. The van der Waals surface area contributed by atoms with E-state index in [0.717, 1.165) is 12.8 Å². The van der Waals surface area contributed by atoms with E-state index in [1.54, 1.807) is 0 Å². The highest BCUT2D eigenvalue weighted by molar-refractivity contribution is 5.69. The van der Waals surface area contributed by atoms with Crippen molar-refractivity contribution in [1.82, 2.24) is 4.98 Å². The summed E-state index contributed by atoms with van der Waals surface area (Å²) in [6.45, 7) is 6.80. The zero-order chi connectivity index (χ0) is 11.6. The lowest BCUT2D eigenvalue weighted by Gasteiger charge is -2.24. The Labute approximate surface area is 97.9 Å². The highest BCUT2D eigenvalue weighted by Gasteiger charge is 2.18. The predicted octanol–water partition coefficient (Wildman–Crippen LogP) is 4.23. The van der Waals surface area contributed by atoms with Crippen LogP contribution < -0.4 is 0 Å². The van der Waals surface area contributed by atoms with E-state index in [-0.39, 0.29) is 5.41 Å². The lowest BCUT2D eigenvalue weighted by molar-refractivity contribution is 0.513. The van der Waals surface area contributed by atoms with E-state index in [0.29, 0.717) is 0 Å². The second-order valence-corrected chi connectivity index (χ2v) is 5.36. The summed E-state index contributed by atoms with van der Waals surface area (Å²) in [6, 6.07) is 4.15. The number of hydrogen-bond donors (Lipinski definition) is 0. The summed E-state index contributed by atoms with van der Waals surface area (Å²) >= 11 is 0. The third-order valence-corrected chi connectivity index (χ3v) is 3.01. The quantitative estimate of drug-likeness (QED) is 0.680. The Morgan fingerprint density at radius 3 is 2.69 bits per heavy atom. The van der Waals surface area contributed by atoms with Crippen LogP contribution >= 0.6 is 0 Å². The third kappa shape index (κ3) is 2.41. The summed E-state index contributed by atoms with van der Waals surface area (Å²) in [5.41, 5.74) is 4.36. The van der Waals surface area contributed by atoms with Gasteiger partial charge in [0.15, 0.2) is 0 Å². The molecule has 1 aromatic heterocycles. The van der Waals surface area contributed by atoms with E-state index >= 15 is 0 Å². The van der Waals surface area contributed by atoms with Crippen molar-refractivity contribution in [1.29, 1.82) is 0 Å². The summed E-state index contributed by atoms with van der Waals surface area (Å²) in [4.78, 5) is 4.19. The van der Waals surface area contributed by atoms with Gasteiger partial charge in [-0.05, 0) is 41.0 Å². The molecule has 2 rings (SSSR count). The molecule has 0 spiro atoms. The van der Waals surface area contributed by atoms with Crippen molar-refractivity contribution >= 4 is 5.57 Å². The first-order chi connectivity index (χ1) is 7.57. The number of rotatable bonds is 1. The van der Waals surface area contributed by atoms with E-state index < -0.39 is 0 Å². The molecule has 1 nitrogen and oxygen atoms in total. The fraction of sp³-hybridized carbons (Fsp3) is 0.400. The Morgan fingerprint density at radius 1 is 1.25 bits per heavy atom. The molecular formula is C15H19N. The molecule has 0 bridgehead atoms. The predicted molar refractivity (Wildman–Crippen MR) is 69.0 cm³/mol. The van der Waals surface area contributed by atoms with E-state index in [2.05, 4.69) is 44.0 Å². The fourth-order valence-electron chi connectivity index (χ4n) is 2.01. The highest BCUT2D eigenvalue weighted by atomic mass is 14.6. The molecule has 84 valence electrons. The van der Waals surface area contributed by atoms with Crippen LogP contribution in [0.4, 0.5) is 0 Å². The zero-order valence-electron chi connectivity index (χ0n) is 10.3. The molecule has 0 unspecified atom stereocenters. The van der Waals surface area contributed by atoms with Gasteiger partial charge in [-0.15, -0.1) is 0 Å². The van der Waals surface area contributed by atoms with Crippen LogP contribution in [0, 0.1) is 5.41 Å². The van der Waals surface area contributed by atoms with Gasteiger partial charge in [0, 0.05) is 12.4 Å². The molecule has 0 saturated carbocycles. The molecular weight excluding hydrogens is 194 g/mol. The number of nitrogens with zero attached hydrogens (tertiary/aromatic N) is 1. The second-order valence-electron chi connectivity index (χ2n) is 5.36. The number of hydrogen-bond acceptors (Lipinski definition) is 1. The lowest BCUT2D eigenvalue weighted by Crippen LogP contribution is -2.10. The van der Waals surface area contributed by atoms with Crippen LogP contribution in [-0.4, -0.2) is 4.98 Å². The monoisotopic (exact) mass is 213 g/mol. The van der Waals surface area contributed by atoms with Crippen molar-refractivity contribution < 1.29 is 0 Å². The van der Waals surface area contributed by atoms with E-state index in [9.17, 15) is 0 Å². The van der Waals surface area contributed by atoms with Crippen molar-refractivity contribution in [2.45, 2.75) is 33.6 Å². The molecule has 1 aromatic rings. The molecule has 1 heteroatoms. The van der Waals surface area contributed by atoms with Gasteiger partial charge in [0.25, 0.3) is 0 Å². The van der Waals surface area contributed by atoms with Crippen LogP contribution in [0.15, 0.2) is 42.3 Å². The van der Waals surface area contributed by atoms with Gasteiger partial charge in [0.1, 0.15) is 0 Å². The Balaban J connectivity index is 2.32. The van der Waals surface area contributed by atoms with Crippen molar-refractivity contribution in [3.8, 4) is 0 Å². The lowest BCUT2D eigenvalue weighted by atomic mass is 9.81. The van der Waals surface area contributed by atoms with Crippen LogP contribution in [0.1, 0.15) is 39.2 Å². The first-order valence-electron chi connectivity index (χ1n) is 5.89. The van der Waals surface area contributed by atoms with E-state index in [1.807, 2.05) is 18.5 Å². The average Bonchev–Trinajstić information content (AvgIpc) is 2.29. The molecule has 1 aliphatic rings. The second kappa shape index (κ2) is 4.25. The number of pyridine rings is 1. The highest BCUT2D eigenvalue weighted by Crippen LogP contribution is 2.34. The summed E-state index contributed by atoms with van der Waals surface area (Å²) < 4.78 is 0. The zero-order valence-corrected chi connectivity index (χ0v) is 10.3. The SMILES string of the molecule is CC(C)(C)C1=CCCC(c2cccnc2)=C1. The summed E-state index contributed by atoms with van der Waals surface area (Å²) in [6.07, 6.45) is 10.8. The molecule has 0 radical (unpaired) electrons. The van der Waals surface area contributed by atoms with Crippen molar-refractivity contribution in [2.24, 2.45) is 5.41 Å². The van der Waals surface area contributed by atoms with Gasteiger partial charge in [0.05, 0.1) is 0 Å². The molecule has 0 fully saturated rings. The van der Waals surface area contributed by atoms with Gasteiger partial charge in [-0.25, -0.2) is 0 Å². The number of allylic oxidation sites excluding steroid dienone is 4. The van der Waals surface area contributed by atoms with Crippen LogP contribution in [0.2, 0.25) is 0 Å². The van der Waals surface area contributed by atoms with Gasteiger partial charge in [-0.1, -0.05) is 39.0 Å². The molecule has 0 aliphatic heterocycles. The van der Waals surface area contributed by atoms with E-state index in [4.69, 9.17) is 0 Å². The van der Waals surface area contributed by atoms with Gasteiger partial charge in [-0.2, -0.15) is 0 Å². The van der Waals surface area contributed by atoms with Crippen molar-refractivity contribution in [2.75, 3.05) is 0 Å². The Kier molecular flexibility index (Phi) is 2.95. The van der Waals surface area contributed by atoms with Gasteiger partial charge in [-0.3, -0.25) is 4.98 Å². The molecule has 0 N–H and O–H groups in total. The molecule has 0 aromatic carbocycles. The first kappa shape index (κ1) is 11.1. The minimum Gasteiger partial charge on any atom is -0.264 e. The van der Waals surface area contributed by atoms with Gasteiger partial charge < -0.3 is 0 Å². The molecule has 0 saturated heterocycles. The van der Waals surface area contributed by atoms with Crippen molar-refractivity contribution in [3.05, 3.63) is 47.8 Å². The molecule has 0 atom stereocenters. The normalized spacial score (nSPS) is 16.7. The fourth-order valence-corrected chi connectivity index (χ4v) is 2.01. The summed E-state index contributed by atoms with van der Waals surface area (Å²) in [5.74, 6) is 0. The van der Waals surface area contributed by atoms with Crippen LogP contribution in [0.3, 0.4) is 0 Å². The van der Waals surface area contributed by atoms with Gasteiger partial charge >= 0.3 is 0 Å². The maximum absolute atomic E-state index is 4.19. The summed E-state index contributed by atoms with van der Waals surface area (Å²) in [7, 11) is 0. The largest absolute Gasteiger partial charge is 0.264 e. The van der Waals surface area contributed by atoms with Crippen molar-refractivity contribution in [3.63, 3.8) is 0 Å². The standard InChI is InChI=1S/C15H19N/c1-15(2,3)14-8-4-6-12(10-14)13-7-5-9-16-11-13/h5,7-11H,4,6H2,1-3H3. The molecule has 0 amide bonds. The third-order valence-electron chi connectivity index (χ3n) is 3.01. The first-order valence-corrected chi connectivity index (χ1v) is 5.89.